The van der Waals surface area contributed by atoms with Gasteiger partial charge in [-0.2, -0.15) is 8.78 Å². The Morgan fingerprint density at radius 1 is 0.971 bits per heavy atom. The molecule has 2 aromatic carbocycles. The standard InChI is InChI=1S/C26H32F2N4OS/c1-34(2,19-9-18-31-16-7-4-8-17-31)32(23-10-5-3-6-11-23)20-21-12-14-22(15-13-21)25-29-30-26(33-25)24(27)28/h3,5-6,10-15,24H,1-2,4,7-9,16-20H2. The number of benzene rings is 2. The Bertz CT molecular complexity index is 1140. The third-order valence-electron chi connectivity index (χ3n) is 6.11. The van der Waals surface area contributed by atoms with E-state index < -0.39 is 21.7 Å². The van der Waals surface area contributed by atoms with Gasteiger partial charge in [0.15, 0.2) is 0 Å². The molecule has 2 heterocycles. The molecule has 5 nitrogen and oxygen atoms in total. The quantitative estimate of drug-likeness (QED) is 0.322. The molecule has 8 heteroatoms. The van der Waals surface area contributed by atoms with Crippen molar-refractivity contribution < 1.29 is 13.2 Å². The van der Waals surface area contributed by atoms with E-state index in [1.54, 1.807) is 0 Å². The molecule has 1 aliphatic heterocycles. The number of anilines is 1. The Balaban J connectivity index is 1.47. The first-order valence-electron chi connectivity index (χ1n) is 11.7. The predicted octanol–water partition coefficient (Wildman–Crippen LogP) is 6.14. The number of piperidine rings is 1. The molecule has 0 atom stereocenters. The van der Waals surface area contributed by atoms with Crippen LogP contribution in [0.2, 0.25) is 0 Å². The van der Waals surface area contributed by atoms with E-state index in [1.165, 1.54) is 32.4 Å². The lowest BCUT2D eigenvalue weighted by Gasteiger charge is -2.34. The van der Waals surface area contributed by atoms with E-state index in [9.17, 15) is 8.78 Å². The van der Waals surface area contributed by atoms with Gasteiger partial charge in [0.1, 0.15) is 0 Å². The summed E-state index contributed by atoms with van der Waals surface area (Å²) in [5.74, 6) is 9.55. The summed E-state index contributed by atoms with van der Waals surface area (Å²) in [4.78, 5) is 2.56. The van der Waals surface area contributed by atoms with Gasteiger partial charge in [-0.05, 0) is 68.7 Å². The number of hydrogen-bond donors (Lipinski definition) is 0. The number of nitrogens with zero attached hydrogens (tertiary/aromatic N) is 4. The van der Waals surface area contributed by atoms with Gasteiger partial charge in [0.25, 0.3) is 5.89 Å². The molecule has 0 unspecified atom stereocenters. The number of halogens is 2. The number of para-hydroxylation sites is 1. The Morgan fingerprint density at radius 3 is 2.32 bits per heavy atom. The number of hydrogen-bond acceptors (Lipinski definition) is 5. The minimum atomic E-state index is -2.78. The summed E-state index contributed by atoms with van der Waals surface area (Å²) < 4.78 is 32.9. The lowest BCUT2D eigenvalue weighted by atomic mass is 10.1. The van der Waals surface area contributed by atoms with Crippen LogP contribution >= 0.6 is 9.39 Å². The van der Waals surface area contributed by atoms with Gasteiger partial charge in [0.2, 0.25) is 5.89 Å². The number of alkyl halides is 2. The summed E-state index contributed by atoms with van der Waals surface area (Å²) in [7, 11) is -1.56. The lowest BCUT2D eigenvalue weighted by Crippen LogP contribution is -2.31. The van der Waals surface area contributed by atoms with Crippen LogP contribution in [-0.4, -0.2) is 52.2 Å². The van der Waals surface area contributed by atoms with Crippen LogP contribution in [0.5, 0.6) is 0 Å². The van der Waals surface area contributed by atoms with Crippen molar-refractivity contribution >= 4 is 26.8 Å². The maximum absolute atomic E-state index is 12.8. The van der Waals surface area contributed by atoms with Crippen molar-refractivity contribution in [3.8, 4) is 11.5 Å². The van der Waals surface area contributed by atoms with Crippen LogP contribution in [0.4, 0.5) is 14.5 Å². The van der Waals surface area contributed by atoms with Crippen LogP contribution in [0.15, 0.2) is 59.0 Å². The van der Waals surface area contributed by atoms with Crippen LogP contribution in [0.3, 0.4) is 0 Å². The minimum Gasteiger partial charge on any atom is -0.415 e. The van der Waals surface area contributed by atoms with Gasteiger partial charge in [0, 0.05) is 17.0 Å². The highest BCUT2D eigenvalue weighted by molar-refractivity contribution is 8.28. The smallest absolute Gasteiger partial charge is 0.314 e. The molecule has 0 aliphatic carbocycles. The third kappa shape index (κ3) is 6.24. The highest BCUT2D eigenvalue weighted by Crippen LogP contribution is 2.35. The molecular formula is C26H32F2N4OS. The first kappa shape index (κ1) is 24.4. The molecule has 0 spiro atoms. The second-order valence-electron chi connectivity index (χ2n) is 8.77. The van der Waals surface area contributed by atoms with Gasteiger partial charge in [-0.15, -0.1) is 19.6 Å². The van der Waals surface area contributed by atoms with E-state index in [0.717, 1.165) is 30.0 Å². The van der Waals surface area contributed by atoms with Gasteiger partial charge in [0.05, 0.1) is 6.54 Å². The first-order valence-corrected chi connectivity index (χ1v) is 13.8. The third-order valence-corrected chi connectivity index (χ3v) is 8.44. The fourth-order valence-electron chi connectivity index (χ4n) is 4.25. The second-order valence-corrected chi connectivity index (χ2v) is 11.6. The van der Waals surface area contributed by atoms with Crippen LogP contribution in [-0.2, 0) is 6.54 Å². The Labute approximate surface area is 201 Å². The van der Waals surface area contributed by atoms with Crippen molar-refractivity contribution in [2.24, 2.45) is 0 Å². The number of rotatable bonds is 10. The molecule has 4 rings (SSSR count). The molecule has 1 aromatic heterocycles. The average molecular weight is 487 g/mol. The average Bonchev–Trinajstić information content (AvgIpc) is 3.35. The maximum atomic E-state index is 12.8. The highest BCUT2D eigenvalue weighted by atomic mass is 32.2. The Hall–Kier alpha value is -2.71. The largest absolute Gasteiger partial charge is 0.415 e. The molecule has 0 saturated carbocycles. The minimum absolute atomic E-state index is 0.0915. The molecule has 0 amide bonds. The van der Waals surface area contributed by atoms with Crippen molar-refractivity contribution in [1.29, 1.82) is 0 Å². The van der Waals surface area contributed by atoms with E-state index in [-0.39, 0.29) is 5.89 Å². The van der Waals surface area contributed by atoms with Crippen molar-refractivity contribution in [3.05, 3.63) is 66.1 Å². The van der Waals surface area contributed by atoms with E-state index in [0.29, 0.717) is 12.1 Å². The molecule has 0 N–H and O–H groups in total. The van der Waals surface area contributed by atoms with Gasteiger partial charge in [-0.1, -0.05) is 48.5 Å². The van der Waals surface area contributed by atoms with Crippen molar-refractivity contribution in [3.63, 3.8) is 0 Å². The summed E-state index contributed by atoms with van der Waals surface area (Å²) in [5.41, 5.74) is 2.78. The molecule has 1 fully saturated rings. The summed E-state index contributed by atoms with van der Waals surface area (Å²) >= 11 is 0. The van der Waals surface area contributed by atoms with Crippen LogP contribution in [0.25, 0.3) is 11.5 Å². The van der Waals surface area contributed by atoms with Crippen LogP contribution in [0, 0.1) is 0 Å². The fourth-order valence-corrected chi connectivity index (χ4v) is 6.13. The predicted molar refractivity (Wildman–Crippen MR) is 139 cm³/mol. The normalized spacial score (nSPS) is 15.0. The first-order chi connectivity index (χ1) is 16.4. The lowest BCUT2D eigenvalue weighted by molar-refractivity contribution is 0.116. The van der Waals surface area contributed by atoms with E-state index in [2.05, 4.69) is 43.3 Å². The molecule has 0 bridgehead atoms. The fraction of sp³-hybridized carbons (Fsp3) is 0.385. The molecule has 182 valence electrons. The maximum Gasteiger partial charge on any atom is 0.314 e. The zero-order valence-electron chi connectivity index (χ0n) is 19.4. The number of likely N-dealkylation sites (tertiary alicyclic amines) is 1. The summed E-state index contributed by atoms with van der Waals surface area (Å²) in [6.45, 7) is 4.15. The Morgan fingerprint density at radius 2 is 1.68 bits per heavy atom. The summed E-state index contributed by atoms with van der Waals surface area (Å²) in [6.07, 6.45) is 2.24. The van der Waals surface area contributed by atoms with E-state index in [4.69, 9.17) is 4.42 Å². The van der Waals surface area contributed by atoms with Crippen molar-refractivity contribution in [2.45, 2.75) is 38.7 Å². The van der Waals surface area contributed by atoms with E-state index in [1.807, 2.05) is 42.5 Å². The Kier molecular flexibility index (Phi) is 8.00. The second kappa shape index (κ2) is 11.1. The summed E-state index contributed by atoms with van der Waals surface area (Å²) in [5, 5.41) is 7.14. The molecule has 1 aliphatic rings. The zero-order valence-corrected chi connectivity index (χ0v) is 20.2. The highest BCUT2D eigenvalue weighted by Gasteiger charge is 2.18. The monoisotopic (exact) mass is 486 g/mol. The molecule has 0 radical (unpaired) electrons. The number of aromatic nitrogens is 2. The van der Waals surface area contributed by atoms with Crippen molar-refractivity contribution in [2.75, 3.05) is 29.7 Å². The topological polar surface area (TPSA) is 45.4 Å². The van der Waals surface area contributed by atoms with Gasteiger partial charge in [-0.25, -0.2) is 0 Å². The van der Waals surface area contributed by atoms with E-state index >= 15 is 0 Å². The van der Waals surface area contributed by atoms with Crippen molar-refractivity contribution in [1.82, 2.24) is 15.1 Å². The zero-order chi connectivity index (χ0) is 24.0. The summed E-state index contributed by atoms with van der Waals surface area (Å²) in [6, 6.07) is 17.8. The SMILES string of the molecule is C=S(=C)(CCCN1CCCCC1)N(Cc1ccc(-c2nnc(C(F)F)o2)cc1)c1ccccc1. The molecule has 34 heavy (non-hydrogen) atoms. The van der Waals surface area contributed by atoms with Gasteiger partial charge >= 0.3 is 6.43 Å². The van der Waals surface area contributed by atoms with Gasteiger partial charge in [-0.3, -0.25) is 0 Å². The van der Waals surface area contributed by atoms with Gasteiger partial charge < -0.3 is 13.6 Å². The molecular weight excluding hydrogens is 454 g/mol. The molecule has 1 saturated heterocycles. The van der Waals surface area contributed by atoms with Crippen LogP contribution < -0.4 is 4.31 Å². The molecule has 3 aromatic rings. The van der Waals surface area contributed by atoms with Crippen LogP contribution in [0.1, 0.15) is 43.6 Å².